The Labute approximate surface area is 193 Å². The van der Waals surface area contributed by atoms with Gasteiger partial charge in [0, 0.05) is 30.4 Å². The second-order valence-electron chi connectivity index (χ2n) is 9.47. The minimum atomic E-state index is -0.229. The summed E-state index contributed by atoms with van der Waals surface area (Å²) in [5.41, 5.74) is 3.26. The third-order valence-corrected chi connectivity index (χ3v) is 5.96. The summed E-state index contributed by atoms with van der Waals surface area (Å²) in [6.07, 6.45) is 3.21. The number of aryl methyl sites for hydroxylation is 1. The van der Waals surface area contributed by atoms with Crippen LogP contribution in [-0.2, 0) is 12.0 Å². The number of carbonyl (C=O) groups is 2. The Bertz CT molecular complexity index is 1150. The van der Waals surface area contributed by atoms with Gasteiger partial charge in [0.1, 0.15) is 5.69 Å². The Balaban J connectivity index is 1.48. The van der Waals surface area contributed by atoms with Crippen LogP contribution in [0.5, 0.6) is 0 Å². The highest BCUT2D eigenvalue weighted by atomic mass is 16.2. The van der Waals surface area contributed by atoms with Crippen molar-refractivity contribution in [3.63, 3.8) is 0 Å². The fourth-order valence-corrected chi connectivity index (χ4v) is 3.98. The van der Waals surface area contributed by atoms with E-state index in [1.165, 1.54) is 0 Å². The highest BCUT2D eigenvalue weighted by Gasteiger charge is 2.34. The molecular formula is C25H30N6O2. The van der Waals surface area contributed by atoms with Gasteiger partial charge in [-0.1, -0.05) is 51.1 Å². The van der Waals surface area contributed by atoms with Crippen LogP contribution in [0, 0.1) is 6.92 Å². The molecule has 0 spiro atoms. The van der Waals surface area contributed by atoms with E-state index >= 15 is 0 Å². The van der Waals surface area contributed by atoms with Crippen LogP contribution in [0.1, 0.15) is 83.3 Å². The van der Waals surface area contributed by atoms with Crippen molar-refractivity contribution in [1.82, 2.24) is 30.4 Å². The molecule has 33 heavy (non-hydrogen) atoms. The summed E-state index contributed by atoms with van der Waals surface area (Å²) >= 11 is 0. The molecule has 1 aromatic carbocycles. The van der Waals surface area contributed by atoms with Gasteiger partial charge in [-0.3, -0.25) is 14.7 Å². The lowest BCUT2D eigenvalue weighted by Crippen LogP contribution is -2.32. The summed E-state index contributed by atoms with van der Waals surface area (Å²) in [6, 6.07) is 11.3. The maximum Gasteiger partial charge on any atom is 0.274 e. The number of nitrogens with zero attached hydrogens (tertiary/aromatic N) is 4. The van der Waals surface area contributed by atoms with E-state index < -0.39 is 0 Å². The lowest BCUT2D eigenvalue weighted by atomic mass is 9.92. The SMILES string of the molecule is Cc1nc([C@H]2CCCN2C(=O)c2cc(C(C)(C)C)[nH]n2)ncc1C(=O)NCc1ccccc1. The first kappa shape index (κ1) is 22.6. The molecule has 1 aliphatic heterocycles. The molecule has 1 atom stereocenters. The van der Waals surface area contributed by atoms with Gasteiger partial charge >= 0.3 is 0 Å². The van der Waals surface area contributed by atoms with Crippen LogP contribution in [0.3, 0.4) is 0 Å². The van der Waals surface area contributed by atoms with E-state index in [1.807, 2.05) is 36.4 Å². The molecule has 4 rings (SSSR count). The average Bonchev–Trinajstić information content (AvgIpc) is 3.47. The third-order valence-electron chi connectivity index (χ3n) is 5.96. The Morgan fingerprint density at radius 3 is 2.64 bits per heavy atom. The van der Waals surface area contributed by atoms with Crippen LogP contribution in [-0.4, -0.2) is 43.4 Å². The number of H-pyrrole nitrogens is 1. The summed E-state index contributed by atoms with van der Waals surface area (Å²) in [5, 5.41) is 10.1. The van der Waals surface area contributed by atoms with E-state index in [0.29, 0.717) is 35.9 Å². The second-order valence-corrected chi connectivity index (χ2v) is 9.47. The van der Waals surface area contributed by atoms with E-state index in [2.05, 4.69) is 46.3 Å². The Kier molecular flexibility index (Phi) is 6.26. The normalized spacial score (nSPS) is 16.1. The molecule has 3 aromatic rings. The van der Waals surface area contributed by atoms with Crippen LogP contribution in [0.25, 0.3) is 0 Å². The van der Waals surface area contributed by atoms with Crippen LogP contribution >= 0.6 is 0 Å². The summed E-state index contributed by atoms with van der Waals surface area (Å²) in [6.45, 7) is 9.08. The topological polar surface area (TPSA) is 104 Å². The van der Waals surface area contributed by atoms with E-state index in [0.717, 1.165) is 24.1 Å². The van der Waals surface area contributed by atoms with Gasteiger partial charge in [0.05, 0.1) is 17.3 Å². The van der Waals surface area contributed by atoms with Crippen molar-refractivity contribution in [3.05, 3.63) is 76.6 Å². The number of aromatic nitrogens is 4. The number of hydrogen-bond acceptors (Lipinski definition) is 5. The lowest BCUT2D eigenvalue weighted by molar-refractivity contribution is 0.0723. The number of benzene rings is 1. The lowest BCUT2D eigenvalue weighted by Gasteiger charge is -2.23. The van der Waals surface area contributed by atoms with Gasteiger partial charge in [0.15, 0.2) is 5.82 Å². The monoisotopic (exact) mass is 446 g/mol. The molecule has 1 aliphatic rings. The Hall–Kier alpha value is -3.55. The van der Waals surface area contributed by atoms with Crippen LogP contribution < -0.4 is 5.32 Å². The van der Waals surface area contributed by atoms with Crippen molar-refractivity contribution in [3.8, 4) is 0 Å². The molecule has 8 nitrogen and oxygen atoms in total. The van der Waals surface area contributed by atoms with Gasteiger partial charge in [0.2, 0.25) is 0 Å². The molecule has 2 N–H and O–H groups in total. The average molecular weight is 447 g/mol. The minimum Gasteiger partial charge on any atom is -0.348 e. The third kappa shape index (κ3) is 4.94. The van der Waals surface area contributed by atoms with E-state index in [1.54, 1.807) is 18.0 Å². The molecule has 172 valence electrons. The van der Waals surface area contributed by atoms with Gasteiger partial charge in [0.25, 0.3) is 11.8 Å². The van der Waals surface area contributed by atoms with Gasteiger partial charge in [-0.05, 0) is 31.4 Å². The van der Waals surface area contributed by atoms with Gasteiger partial charge in [-0.15, -0.1) is 0 Å². The molecule has 0 radical (unpaired) electrons. The molecule has 0 bridgehead atoms. The smallest absolute Gasteiger partial charge is 0.274 e. The predicted molar refractivity (Wildman–Crippen MR) is 125 cm³/mol. The Morgan fingerprint density at radius 1 is 1.21 bits per heavy atom. The van der Waals surface area contributed by atoms with E-state index in [9.17, 15) is 9.59 Å². The highest BCUT2D eigenvalue weighted by Crippen LogP contribution is 2.32. The molecule has 0 unspecified atom stereocenters. The first-order chi connectivity index (χ1) is 15.7. The number of aromatic amines is 1. The highest BCUT2D eigenvalue weighted by molar-refractivity contribution is 5.95. The van der Waals surface area contributed by atoms with Crippen molar-refractivity contribution in [2.75, 3.05) is 6.54 Å². The summed E-state index contributed by atoms with van der Waals surface area (Å²) in [5.74, 6) is 0.216. The number of amides is 2. The molecule has 0 aliphatic carbocycles. The maximum absolute atomic E-state index is 13.2. The molecule has 1 saturated heterocycles. The number of rotatable bonds is 5. The fraction of sp³-hybridized carbons (Fsp3) is 0.400. The molecule has 0 saturated carbocycles. The Morgan fingerprint density at radius 2 is 1.97 bits per heavy atom. The van der Waals surface area contributed by atoms with Crippen LogP contribution in [0.4, 0.5) is 0 Å². The molecule has 2 amide bonds. The first-order valence-corrected chi connectivity index (χ1v) is 11.3. The number of nitrogens with one attached hydrogen (secondary N) is 2. The van der Waals surface area contributed by atoms with Crippen molar-refractivity contribution in [2.45, 2.75) is 58.5 Å². The zero-order valence-corrected chi connectivity index (χ0v) is 19.6. The van der Waals surface area contributed by atoms with Gasteiger partial charge in [-0.25, -0.2) is 9.97 Å². The first-order valence-electron chi connectivity index (χ1n) is 11.3. The van der Waals surface area contributed by atoms with Gasteiger partial charge in [-0.2, -0.15) is 5.10 Å². The van der Waals surface area contributed by atoms with Crippen molar-refractivity contribution in [1.29, 1.82) is 0 Å². The molecule has 8 heteroatoms. The van der Waals surface area contributed by atoms with Gasteiger partial charge < -0.3 is 10.2 Å². The van der Waals surface area contributed by atoms with Crippen molar-refractivity contribution < 1.29 is 9.59 Å². The predicted octanol–water partition coefficient (Wildman–Crippen LogP) is 3.71. The maximum atomic E-state index is 13.2. The number of carbonyl (C=O) groups excluding carboxylic acids is 2. The minimum absolute atomic E-state index is 0.118. The van der Waals surface area contributed by atoms with Crippen molar-refractivity contribution >= 4 is 11.8 Å². The largest absolute Gasteiger partial charge is 0.348 e. The summed E-state index contributed by atoms with van der Waals surface area (Å²) in [4.78, 5) is 36.7. The van der Waals surface area contributed by atoms with Crippen LogP contribution in [0.2, 0.25) is 0 Å². The molecule has 1 fully saturated rings. The standard InChI is InChI=1S/C25H30N6O2/c1-16-18(23(32)27-14-17-9-6-5-7-10-17)15-26-22(28-16)20-11-8-12-31(20)24(33)19-13-21(30-29-19)25(2,3)4/h5-7,9-10,13,15,20H,8,11-12,14H2,1-4H3,(H,27,32)(H,29,30)/t20-/m1/s1. The van der Waals surface area contributed by atoms with E-state index in [4.69, 9.17) is 0 Å². The van der Waals surface area contributed by atoms with E-state index in [-0.39, 0.29) is 23.3 Å². The zero-order chi connectivity index (χ0) is 23.6. The molecule has 2 aromatic heterocycles. The number of hydrogen-bond donors (Lipinski definition) is 2. The van der Waals surface area contributed by atoms with Crippen LogP contribution in [0.15, 0.2) is 42.6 Å². The quantitative estimate of drug-likeness (QED) is 0.622. The zero-order valence-electron chi connectivity index (χ0n) is 19.6. The molecule has 3 heterocycles. The molecular weight excluding hydrogens is 416 g/mol. The summed E-state index contributed by atoms with van der Waals surface area (Å²) in [7, 11) is 0. The fourth-order valence-electron chi connectivity index (χ4n) is 3.98. The second kappa shape index (κ2) is 9.13. The summed E-state index contributed by atoms with van der Waals surface area (Å²) < 4.78 is 0. The number of likely N-dealkylation sites (tertiary alicyclic amines) is 1. The van der Waals surface area contributed by atoms with Crippen molar-refractivity contribution in [2.24, 2.45) is 0 Å².